The molecule has 0 rings (SSSR count). The lowest BCUT2D eigenvalue weighted by molar-refractivity contribution is -0.143. The van der Waals surface area contributed by atoms with Gasteiger partial charge in [0.15, 0.2) is 0 Å². The Balaban J connectivity index is 3.32. The zero-order valence-electron chi connectivity index (χ0n) is 56.9. The molecule has 84 heavy (non-hydrogen) atoms. The Morgan fingerprint density at radius 1 is 0.333 bits per heavy atom. The van der Waals surface area contributed by atoms with Gasteiger partial charge in [-0.25, -0.2) is 0 Å². The number of hydrogen-bond donors (Lipinski definition) is 3. The molecule has 0 aliphatic rings. The molecule has 0 radical (unpaired) electrons. The Hall–Kier alpha value is -1.92. The second kappa shape index (κ2) is 73.5. The van der Waals surface area contributed by atoms with E-state index in [0.29, 0.717) is 19.4 Å². The molecular formula is C78H149NO5. The summed E-state index contributed by atoms with van der Waals surface area (Å²) in [7, 11) is 0. The van der Waals surface area contributed by atoms with Gasteiger partial charge in [-0.2, -0.15) is 0 Å². The summed E-state index contributed by atoms with van der Waals surface area (Å²) in [6, 6.07) is -0.624. The van der Waals surface area contributed by atoms with Gasteiger partial charge >= 0.3 is 5.97 Å². The molecule has 6 nitrogen and oxygen atoms in total. The van der Waals surface area contributed by atoms with Crippen LogP contribution >= 0.6 is 0 Å². The zero-order valence-corrected chi connectivity index (χ0v) is 56.9. The maximum absolute atomic E-state index is 12.4. The average molecular weight is 1180 g/mol. The van der Waals surface area contributed by atoms with Gasteiger partial charge in [0.05, 0.1) is 25.4 Å². The molecule has 0 heterocycles. The van der Waals surface area contributed by atoms with Crippen LogP contribution in [-0.4, -0.2) is 47.4 Å². The van der Waals surface area contributed by atoms with E-state index in [-0.39, 0.29) is 18.5 Å². The van der Waals surface area contributed by atoms with Crippen molar-refractivity contribution in [2.75, 3.05) is 13.2 Å². The number of amides is 1. The van der Waals surface area contributed by atoms with Crippen LogP contribution in [0, 0.1) is 0 Å². The lowest BCUT2D eigenvalue weighted by Crippen LogP contribution is -2.45. The number of aliphatic hydroxyl groups excluding tert-OH is 2. The van der Waals surface area contributed by atoms with Crippen molar-refractivity contribution in [3.05, 3.63) is 36.5 Å². The van der Waals surface area contributed by atoms with Crippen molar-refractivity contribution in [3.8, 4) is 0 Å². The minimum atomic E-state index is -0.840. The summed E-state index contributed by atoms with van der Waals surface area (Å²) in [6.07, 6.45) is 95.6. The highest BCUT2D eigenvalue weighted by molar-refractivity contribution is 5.76. The van der Waals surface area contributed by atoms with Crippen molar-refractivity contribution in [1.82, 2.24) is 5.32 Å². The molecule has 0 saturated carbocycles. The fraction of sp³-hybridized carbons (Fsp3) is 0.897. The van der Waals surface area contributed by atoms with E-state index in [9.17, 15) is 19.8 Å². The van der Waals surface area contributed by atoms with E-state index in [1.807, 2.05) is 6.08 Å². The van der Waals surface area contributed by atoms with Crippen LogP contribution in [-0.2, 0) is 14.3 Å². The molecule has 3 N–H and O–H groups in total. The highest BCUT2D eigenvalue weighted by Crippen LogP contribution is 2.19. The summed E-state index contributed by atoms with van der Waals surface area (Å²) in [5, 5.41) is 23.0. The number of esters is 1. The zero-order chi connectivity index (χ0) is 60.6. The molecule has 6 heteroatoms. The van der Waals surface area contributed by atoms with Gasteiger partial charge in [0.2, 0.25) is 5.91 Å². The lowest BCUT2D eigenvalue weighted by Gasteiger charge is -2.20. The van der Waals surface area contributed by atoms with E-state index >= 15 is 0 Å². The Morgan fingerprint density at radius 3 is 0.905 bits per heavy atom. The van der Waals surface area contributed by atoms with Crippen LogP contribution in [0.1, 0.15) is 425 Å². The van der Waals surface area contributed by atoms with Gasteiger partial charge in [0.25, 0.3) is 0 Å². The van der Waals surface area contributed by atoms with Crippen molar-refractivity contribution in [3.63, 3.8) is 0 Å². The first-order chi connectivity index (χ1) is 41.5. The lowest BCUT2D eigenvalue weighted by atomic mass is 10.0. The SMILES string of the molecule is CCCCCCCCCC/C=C/C(O)C(CO)NC(=O)CCCCCCCCCCCCCCCCCCC/C=C\C/C=C\CCCCCCCCCCCCCCCCCOC(=O)CCCCCCCCCCCCCCCCCCCC. The summed E-state index contributed by atoms with van der Waals surface area (Å²) in [5.41, 5.74) is 0. The van der Waals surface area contributed by atoms with Gasteiger partial charge in [0.1, 0.15) is 0 Å². The van der Waals surface area contributed by atoms with Gasteiger partial charge in [-0.1, -0.05) is 384 Å². The maximum atomic E-state index is 12.4. The second-order valence-electron chi connectivity index (χ2n) is 26.3. The first-order valence-corrected chi connectivity index (χ1v) is 38.3. The Kier molecular flexibility index (Phi) is 71.9. The predicted molar refractivity (Wildman–Crippen MR) is 370 cm³/mol. The second-order valence-corrected chi connectivity index (χ2v) is 26.3. The molecule has 0 bridgehead atoms. The van der Waals surface area contributed by atoms with Gasteiger partial charge in [-0.3, -0.25) is 9.59 Å². The summed E-state index contributed by atoms with van der Waals surface area (Å²) in [5.74, 6) is -0.0402. The summed E-state index contributed by atoms with van der Waals surface area (Å²) in [4.78, 5) is 24.5. The topological polar surface area (TPSA) is 95.9 Å². The van der Waals surface area contributed by atoms with Crippen LogP contribution in [0.15, 0.2) is 36.5 Å². The third kappa shape index (κ3) is 69.2. The molecular weight excluding hydrogens is 1030 g/mol. The molecule has 0 aromatic rings. The van der Waals surface area contributed by atoms with Gasteiger partial charge in [-0.15, -0.1) is 0 Å². The first-order valence-electron chi connectivity index (χ1n) is 38.3. The number of nitrogens with one attached hydrogen (secondary N) is 1. The molecule has 0 aliphatic carbocycles. The largest absolute Gasteiger partial charge is 0.466 e. The van der Waals surface area contributed by atoms with Gasteiger partial charge in [-0.05, 0) is 64.2 Å². The van der Waals surface area contributed by atoms with Gasteiger partial charge in [0, 0.05) is 12.8 Å². The van der Waals surface area contributed by atoms with Crippen LogP contribution in [0.2, 0.25) is 0 Å². The normalized spacial score (nSPS) is 12.7. The molecule has 0 fully saturated rings. The third-order valence-electron chi connectivity index (χ3n) is 17.9. The van der Waals surface area contributed by atoms with E-state index in [4.69, 9.17) is 4.74 Å². The Bertz CT molecular complexity index is 1360. The van der Waals surface area contributed by atoms with E-state index in [1.165, 1.54) is 353 Å². The quantitative estimate of drug-likeness (QED) is 0.0320. The van der Waals surface area contributed by atoms with Crippen molar-refractivity contribution < 1.29 is 24.5 Å². The fourth-order valence-corrected chi connectivity index (χ4v) is 12.1. The van der Waals surface area contributed by atoms with Crippen molar-refractivity contribution in [2.45, 2.75) is 437 Å². The fourth-order valence-electron chi connectivity index (χ4n) is 12.1. The van der Waals surface area contributed by atoms with E-state index < -0.39 is 12.1 Å². The molecule has 0 aromatic heterocycles. The highest BCUT2D eigenvalue weighted by atomic mass is 16.5. The summed E-state index contributed by atoms with van der Waals surface area (Å²) < 4.78 is 5.52. The average Bonchev–Trinajstić information content (AvgIpc) is 3.51. The summed E-state index contributed by atoms with van der Waals surface area (Å²) in [6.45, 7) is 4.92. The van der Waals surface area contributed by atoms with Crippen molar-refractivity contribution in [2.24, 2.45) is 0 Å². The molecule has 0 saturated heterocycles. The monoisotopic (exact) mass is 1180 g/mol. The minimum absolute atomic E-state index is 0.0251. The molecule has 0 aliphatic heterocycles. The van der Waals surface area contributed by atoms with Crippen LogP contribution < -0.4 is 5.32 Å². The first kappa shape index (κ1) is 82.1. The number of carbonyl (C=O) groups is 2. The Labute approximate surface area is 525 Å². The number of carbonyl (C=O) groups excluding carboxylic acids is 2. The number of allylic oxidation sites excluding steroid dienone is 5. The molecule has 2 atom stereocenters. The minimum Gasteiger partial charge on any atom is -0.466 e. The summed E-state index contributed by atoms with van der Waals surface area (Å²) >= 11 is 0. The van der Waals surface area contributed by atoms with Gasteiger partial charge < -0.3 is 20.3 Å². The van der Waals surface area contributed by atoms with E-state index in [0.717, 1.165) is 44.9 Å². The van der Waals surface area contributed by atoms with Crippen LogP contribution in [0.4, 0.5) is 0 Å². The molecule has 0 aromatic carbocycles. The number of ether oxygens (including phenoxy) is 1. The van der Waals surface area contributed by atoms with Crippen LogP contribution in [0.3, 0.4) is 0 Å². The van der Waals surface area contributed by atoms with Crippen molar-refractivity contribution in [1.29, 1.82) is 0 Å². The smallest absolute Gasteiger partial charge is 0.305 e. The van der Waals surface area contributed by atoms with Crippen LogP contribution in [0.5, 0.6) is 0 Å². The molecule has 2 unspecified atom stereocenters. The Morgan fingerprint density at radius 2 is 0.595 bits per heavy atom. The van der Waals surface area contributed by atoms with E-state index in [2.05, 4.69) is 43.5 Å². The number of aliphatic hydroxyl groups is 2. The van der Waals surface area contributed by atoms with Crippen LogP contribution in [0.25, 0.3) is 0 Å². The number of rotatable bonds is 72. The molecule has 496 valence electrons. The van der Waals surface area contributed by atoms with E-state index in [1.54, 1.807) is 6.08 Å². The van der Waals surface area contributed by atoms with Crippen molar-refractivity contribution >= 4 is 11.9 Å². The number of hydrogen-bond acceptors (Lipinski definition) is 5. The molecule has 1 amide bonds. The standard InChI is InChI=1S/C78H149NO5/c1-3-5-7-9-11-13-15-16-17-18-43-46-49-52-56-60-64-68-72-78(83)84-73-69-65-61-57-53-50-47-44-41-39-37-35-33-31-29-27-25-23-21-19-20-22-24-26-28-30-32-34-36-38-40-42-45-48-51-55-59-63-67-71-77(82)79-75(74-80)76(81)70-66-62-58-54-14-12-10-8-6-4-2/h19-20,23,25,66,70,75-76,80-81H,3-18,21-22,24,26-65,67-69,71-74H2,1-2H3,(H,79,82)/b20-19-,25-23-,70-66+. The third-order valence-corrected chi connectivity index (χ3v) is 17.9. The molecule has 0 spiro atoms. The predicted octanol–water partition coefficient (Wildman–Crippen LogP) is 25.0. The maximum Gasteiger partial charge on any atom is 0.305 e. The highest BCUT2D eigenvalue weighted by Gasteiger charge is 2.18. The number of unbranched alkanes of at least 4 members (excludes halogenated alkanes) is 57.